The Morgan fingerprint density at radius 3 is 2.67 bits per heavy atom. The van der Waals surface area contributed by atoms with E-state index >= 15 is 0 Å². The van der Waals surface area contributed by atoms with Crippen LogP contribution in [-0.4, -0.2) is 12.0 Å². The van der Waals surface area contributed by atoms with E-state index in [0.29, 0.717) is 10.9 Å². The van der Waals surface area contributed by atoms with Crippen molar-refractivity contribution in [2.45, 2.75) is 0 Å². The Bertz CT molecular complexity index is 174. The smallest absolute Gasteiger partial charge is 0.156 e. The lowest BCUT2D eigenvalue weighted by Crippen LogP contribution is -2.03. The Morgan fingerprint density at radius 1 is 1.56 bits per heavy atom. The maximum Gasteiger partial charge on any atom is 0.156 e. The first kappa shape index (κ1) is 6.01. The highest BCUT2D eigenvalue weighted by atomic mass is 19.2. The fourth-order valence-corrected chi connectivity index (χ4v) is 0.536. The van der Waals surface area contributed by atoms with Gasteiger partial charge in [0.25, 0.3) is 0 Å². The molecule has 1 heterocycles. The summed E-state index contributed by atoms with van der Waals surface area (Å²) < 4.78 is 12.2. The molecule has 0 aliphatic rings. The quantitative estimate of drug-likeness (QED) is 0.529. The molecule has 0 aromatic carbocycles. The molecule has 0 bridgehead atoms. The second-order valence-electron chi connectivity index (χ2n) is 1.67. The van der Waals surface area contributed by atoms with Crippen LogP contribution in [-0.2, 0) is 0 Å². The van der Waals surface area contributed by atoms with Crippen LogP contribution in [0.2, 0.25) is 0 Å². The van der Waals surface area contributed by atoms with Crippen LogP contribution in [0.3, 0.4) is 0 Å². The number of halogens is 1. The van der Waals surface area contributed by atoms with Crippen molar-refractivity contribution in [2.24, 2.45) is 0 Å². The molecule has 0 radical (unpaired) electrons. The minimum atomic E-state index is 0.331. The molecule has 9 heavy (non-hydrogen) atoms. The standard InChI is InChI=1S/C6H7FN2/c1-9(7)6-4-2-3-5-8-6/h2-5H,1H3. The van der Waals surface area contributed by atoms with Crippen molar-refractivity contribution in [3.63, 3.8) is 0 Å². The Balaban J connectivity index is 2.85. The Hall–Kier alpha value is -1.12. The molecule has 3 heteroatoms. The molecule has 1 rings (SSSR count). The molecule has 1 aromatic heterocycles. The van der Waals surface area contributed by atoms with Gasteiger partial charge in [-0.2, -0.15) is 5.12 Å². The zero-order chi connectivity index (χ0) is 6.69. The SMILES string of the molecule is CN(F)c1ccccn1. The van der Waals surface area contributed by atoms with Gasteiger partial charge in [-0.1, -0.05) is 10.5 Å². The van der Waals surface area contributed by atoms with Crippen LogP contribution in [0.1, 0.15) is 0 Å². The molecule has 0 N–H and O–H groups in total. The van der Waals surface area contributed by atoms with Crippen molar-refractivity contribution in [3.05, 3.63) is 24.4 Å². The Labute approximate surface area is 52.9 Å². The highest BCUT2D eigenvalue weighted by Gasteiger charge is 1.94. The number of aromatic nitrogens is 1. The van der Waals surface area contributed by atoms with Gasteiger partial charge in [-0.25, -0.2) is 4.98 Å². The molecule has 1 aromatic rings. The predicted octanol–water partition coefficient (Wildman–Crippen LogP) is 1.40. The third-order valence-corrected chi connectivity index (χ3v) is 0.965. The van der Waals surface area contributed by atoms with Crippen molar-refractivity contribution in [2.75, 3.05) is 12.2 Å². The van der Waals surface area contributed by atoms with Gasteiger partial charge in [0.05, 0.1) is 0 Å². The van der Waals surface area contributed by atoms with Crippen LogP contribution in [0.25, 0.3) is 0 Å². The van der Waals surface area contributed by atoms with Crippen molar-refractivity contribution in [1.29, 1.82) is 0 Å². The van der Waals surface area contributed by atoms with Crippen LogP contribution in [0.4, 0.5) is 10.3 Å². The zero-order valence-electron chi connectivity index (χ0n) is 5.08. The predicted molar refractivity (Wildman–Crippen MR) is 33.7 cm³/mol. The minimum Gasteiger partial charge on any atom is -0.237 e. The van der Waals surface area contributed by atoms with Gasteiger partial charge < -0.3 is 0 Å². The van der Waals surface area contributed by atoms with E-state index in [2.05, 4.69) is 4.98 Å². The summed E-state index contributed by atoms with van der Waals surface area (Å²) in [7, 11) is 1.31. The number of hydrogen-bond acceptors (Lipinski definition) is 2. The third kappa shape index (κ3) is 1.38. The number of nitrogens with zero attached hydrogens (tertiary/aromatic N) is 2. The van der Waals surface area contributed by atoms with E-state index in [1.807, 2.05) is 0 Å². The third-order valence-electron chi connectivity index (χ3n) is 0.965. The van der Waals surface area contributed by atoms with Crippen LogP contribution >= 0.6 is 0 Å². The van der Waals surface area contributed by atoms with Crippen LogP contribution in [0.5, 0.6) is 0 Å². The average Bonchev–Trinajstić information content (AvgIpc) is 1.90. The lowest BCUT2D eigenvalue weighted by atomic mass is 10.5. The van der Waals surface area contributed by atoms with Crippen molar-refractivity contribution in [3.8, 4) is 0 Å². The van der Waals surface area contributed by atoms with Crippen LogP contribution in [0, 0.1) is 0 Å². The zero-order valence-corrected chi connectivity index (χ0v) is 5.08. The number of anilines is 1. The number of pyridine rings is 1. The lowest BCUT2D eigenvalue weighted by Gasteiger charge is -2.02. The topological polar surface area (TPSA) is 16.1 Å². The van der Waals surface area contributed by atoms with E-state index in [0.717, 1.165) is 0 Å². The van der Waals surface area contributed by atoms with Gasteiger partial charge in [0.15, 0.2) is 5.82 Å². The van der Waals surface area contributed by atoms with E-state index in [1.165, 1.54) is 7.05 Å². The molecule has 0 saturated heterocycles. The summed E-state index contributed by atoms with van der Waals surface area (Å²) >= 11 is 0. The molecule has 0 amide bonds. The summed E-state index contributed by atoms with van der Waals surface area (Å²) in [5.74, 6) is 0.331. The minimum absolute atomic E-state index is 0.331. The first-order chi connectivity index (χ1) is 4.30. The maximum absolute atomic E-state index is 12.2. The number of rotatable bonds is 1. The van der Waals surface area contributed by atoms with Gasteiger partial charge in [-0.3, -0.25) is 0 Å². The van der Waals surface area contributed by atoms with E-state index in [1.54, 1.807) is 24.4 Å². The largest absolute Gasteiger partial charge is 0.237 e. The van der Waals surface area contributed by atoms with Gasteiger partial charge in [-0.05, 0) is 12.1 Å². The average molecular weight is 126 g/mol. The molecule has 0 aliphatic carbocycles. The first-order valence-electron chi connectivity index (χ1n) is 2.61. The van der Waals surface area contributed by atoms with Gasteiger partial charge >= 0.3 is 0 Å². The Morgan fingerprint density at radius 2 is 2.33 bits per heavy atom. The van der Waals surface area contributed by atoms with Crippen molar-refractivity contribution < 1.29 is 4.48 Å². The van der Waals surface area contributed by atoms with E-state index in [-0.39, 0.29) is 0 Å². The molecule has 0 unspecified atom stereocenters. The molecular weight excluding hydrogens is 119 g/mol. The fourth-order valence-electron chi connectivity index (χ4n) is 0.536. The molecular formula is C6H7FN2. The Kier molecular flexibility index (Phi) is 1.63. The van der Waals surface area contributed by atoms with Crippen LogP contribution < -0.4 is 5.12 Å². The summed E-state index contributed by atoms with van der Waals surface area (Å²) in [6.45, 7) is 0. The molecule has 0 spiro atoms. The van der Waals surface area contributed by atoms with Crippen molar-refractivity contribution in [1.82, 2.24) is 4.98 Å². The first-order valence-corrected chi connectivity index (χ1v) is 2.61. The summed E-state index contributed by atoms with van der Waals surface area (Å²) in [4.78, 5) is 3.73. The lowest BCUT2D eigenvalue weighted by molar-refractivity contribution is 0.470. The fraction of sp³-hybridized carbons (Fsp3) is 0.167. The molecule has 0 saturated carbocycles. The molecule has 0 fully saturated rings. The second-order valence-corrected chi connectivity index (χ2v) is 1.67. The second kappa shape index (κ2) is 2.44. The molecule has 48 valence electrons. The van der Waals surface area contributed by atoms with Gasteiger partial charge in [0, 0.05) is 13.2 Å². The molecule has 0 aliphatic heterocycles. The monoisotopic (exact) mass is 126 g/mol. The van der Waals surface area contributed by atoms with Gasteiger partial charge in [0.2, 0.25) is 0 Å². The van der Waals surface area contributed by atoms with Gasteiger partial charge in [0.1, 0.15) is 0 Å². The van der Waals surface area contributed by atoms with Gasteiger partial charge in [-0.15, -0.1) is 0 Å². The summed E-state index contributed by atoms with van der Waals surface area (Å²) in [6, 6.07) is 5.07. The van der Waals surface area contributed by atoms with E-state index < -0.39 is 0 Å². The summed E-state index contributed by atoms with van der Waals surface area (Å²) in [5, 5.41) is 0.472. The van der Waals surface area contributed by atoms with Crippen LogP contribution in [0.15, 0.2) is 24.4 Å². The van der Waals surface area contributed by atoms with Crippen molar-refractivity contribution >= 4 is 5.82 Å². The normalized spacial score (nSPS) is 9.11. The summed E-state index contributed by atoms with van der Waals surface area (Å²) in [6.07, 6.45) is 1.55. The maximum atomic E-state index is 12.2. The number of hydrogen-bond donors (Lipinski definition) is 0. The van der Waals surface area contributed by atoms with E-state index in [4.69, 9.17) is 0 Å². The van der Waals surface area contributed by atoms with E-state index in [9.17, 15) is 4.48 Å². The highest BCUT2D eigenvalue weighted by Crippen LogP contribution is 2.04. The highest BCUT2D eigenvalue weighted by molar-refractivity contribution is 5.32. The summed E-state index contributed by atoms with van der Waals surface area (Å²) in [5.41, 5.74) is 0. The molecule has 0 atom stereocenters. The molecule has 2 nitrogen and oxygen atoms in total.